The van der Waals surface area contributed by atoms with Crippen molar-refractivity contribution in [3.05, 3.63) is 51.2 Å². The second kappa shape index (κ2) is 7.54. The fourth-order valence-corrected chi connectivity index (χ4v) is 4.99. The molecule has 2 aromatic rings. The maximum atomic E-state index is 13.1. The van der Waals surface area contributed by atoms with Gasteiger partial charge in [0.25, 0.3) is 11.5 Å². The molecule has 2 aliphatic carbocycles. The van der Waals surface area contributed by atoms with E-state index in [1.54, 1.807) is 12.3 Å². The third-order valence-electron chi connectivity index (χ3n) is 6.28. The Balaban J connectivity index is 1.87. The van der Waals surface area contributed by atoms with E-state index in [-0.39, 0.29) is 32.4 Å². The number of benzene rings is 1. The van der Waals surface area contributed by atoms with Crippen molar-refractivity contribution in [2.24, 2.45) is 5.41 Å². The van der Waals surface area contributed by atoms with Gasteiger partial charge in [-0.1, -0.05) is 13.5 Å². The van der Waals surface area contributed by atoms with Crippen LogP contribution in [-0.2, 0) is 21.4 Å². The van der Waals surface area contributed by atoms with E-state index in [1.165, 1.54) is 12.1 Å². The van der Waals surface area contributed by atoms with Gasteiger partial charge in [0.15, 0.2) is 0 Å². The van der Waals surface area contributed by atoms with Gasteiger partial charge in [0.2, 0.25) is 10.0 Å². The van der Waals surface area contributed by atoms with E-state index < -0.39 is 44.5 Å². The van der Waals surface area contributed by atoms with Gasteiger partial charge in [0.05, 0.1) is 15.8 Å². The molecule has 1 heterocycles. The average molecular weight is 500 g/mol. The maximum Gasteiger partial charge on any atom is 0.421 e. The predicted octanol–water partition coefficient (Wildman–Crippen LogP) is 1.98. The van der Waals surface area contributed by atoms with Crippen molar-refractivity contribution in [3.8, 4) is 0 Å². The summed E-state index contributed by atoms with van der Waals surface area (Å²) in [6.07, 6.45) is -2.20. The van der Waals surface area contributed by atoms with E-state index in [1.807, 2.05) is 6.92 Å². The molecule has 0 aliphatic heterocycles. The van der Waals surface area contributed by atoms with Crippen molar-refractivity contribution in [2.75, 3.05) is 5.43 Å². The predicted molar refractivity (Wildman–Crippen MR) is 117 cm³/mol. The molecule has 1 aromatic heterocycles. The number of hydrogen-bond donors (Lipinski definition) is 2. The van der Waals surface area contributed by atoms with Crippen molar-refractivity contribution in [2.45, 2.75) is 62.7 Å². The summed E-state index contributed by atoms with van der Waals surface area (Å²) >= 11 is 0. The summed E-state index contributed by atoms with van der Waals surface area (Å²) in [6, 6.07) is 3.63. The van der Waals surface area contributed by atoms with Crippen LogP contribution in [0.1, 0.15) is 39.5 Å². The Morgan fingerprint density at radius 2 is 1.76 bits per heavy atom. The molecule has 2 fully saturated rings. The lowest BCUT2D eigenvalue weighted by atomic mass is 10.1. The molecule has 0 spiro atoms. The van der Waals surface area contributed by atoms with Crippen LogP contribution in [-0.4, -0.2) is 35.3 Å². The molecule has 34 heavy (non-hydrogen) atoms. The highest BCUT2D eigenvalue weighted by Gasteiger charge is 2.42. The molecular weight excluding hydrogens is 477 g/mol. The Hall–Kier alpha value is -2.93. The van der Waals surface area contributed by atoms with Gasteiger partial charge in [-0.05, 0) is 56.2 Å². The van der Waals surface area contributed by atoms with Gasteiger partial charge in [-0.15, -0.1) is 0 Å². The van der Waals surface area contributed by atoms with Gasteiger partial charge in [-0.25, -0.2) is 17.9 Å². The van der Waals surface area contributed by atoms with E-state index in [9.17, 15) is 36.0 Å². The summed E-state index contributed by atoms with van der Waals surface area (Å²) in [5.41, 5.74) is -3.07. The first kappa shape index (κ1) is 24.2. The Morgan fingerprint density at radius 1 is 1.15 bits per heavy atom. The van der Waals surface area contributed by atoms with Crippen molar-refractivity contribution in [1.82, 2.24) is 14.0 Å². The molecule has 1 aromatic carbocycles. The number of fused-ring (bicyclic) bond motifs is 1. The van der Waals surface area contributed by atoms with Crippen LogP contribution in [0.5, 0.6) is 0 Å². The number of halogens is 3. The number of nitrogens with one attached hydrogen (secondary N) is 2. The Bertz CT molecular complexity index is 1450. The minimum Gasteiger partial charge on any atom is -0.291 e. The van der Waals surface area contributed by atoms with Crippen LogP contribution >= 0.6 is 0 Å². The van der Waals surface area contributed by atoms with Gasteiger partial charge in [0.1, 0.15) is 5.57 Å². The Kier molecular flexibility index (Phi) is 5.36. The third kappa shape index (κ3) is 4.53. The molecule has 0 unspecified atom stereocenters. The summed E-state index contributed by atoms with van der Waals surface area (Å²) in [5.74, 6) is -1.78. The van der Waals surface area contributed by atoms with E-state index >= 15 is 0 Å². The molecule has 2 aliphatic rings. The SMILES string of the molecule is C=C(C(=O)Nn1c(=O)c2cc(S(=O)(=O)NC3(C)CC3)ccc2n(CC2(C)CC2)c1=O)C(F)(F)F. The van der Waals surface area contributed by atoms with Crippen LogP contribution < -0.4 is 21.4 Å². The van der Waals surface area contributed by atoms with Crippen LogP contribution in [0.15, 0.2) is 44.8 Å². The molecule has 1 amide bonds. The van der Waals surface area contributed by atoms with E-state index in [0.29, 0.717) is 12.8 Å². The molecule has 184 valence electrons. The largest absolute Gasteiger partial charge is 0.421 e. The number of nitrogens with zero attached hydrogens (tertiary/aromatic N) is 2. The fourth-order valence-electron chi connectivity index (χ4n) is 3.50. The number of amides is 1. The number of carbonyl (C=O) groups excluding carboxylic acids is 1. The van der Waals surface area contributed by atoms with Gasteiger partial charge < -0.3 is 0 Å². The van der Waals surface area contributed by atoms with Crippen molar-refractivity contribution in [1.29, 1.82) is 0 Å². The van der Waals surface area contributed by atoms with E-state index in [2.05, 4.69) is 11.3 Å². The first-order valence-electron chi connectivity index (χ1n) is 10.5. The summed E-state index contributed by atoms with van der Waals surface area (Å²) < 4.78 is 68.1. The molecule has 0 bridgehead atoms. The monoisotopic (exact) mass is 500 g/mol. The maximum absolute atomic E-state index is 13.1. The van der Waals surface area contributed by atoms with Crippen LogP contribution in [0, 0.1) is 5.41 Å². The number of aromatic nitrogens is 2. The normalized spacial score (nSPS) is 18.5. The van der Waals surface area contributed by atoms with Gasteiger partial charge in [-0.2, -0.15) is 17.8 Å². The van der Waals surface area contributed by atoms with Gasteiger partial charge in [0, 0.05) is 12.1 Å². The first-order valence-corrected chi connectivity index (χ1v) is 11.9. The number of rotatable bonds is 7. The molecule has 2 N–H and O–H groups in total. The van der Waals surface area contributed by atoms with Crippen molar-refractivity contribution in [3.63, 3.8) is 0 Å². The summed E-state index contributed by atoms with van der Waals surface area (Å²) in [7, 11) is -4.01. The standard InChI is InChI=1S/C21H23F3N4O5S/c1-12(21(22,23)24)16(29)25-28-17(30)14-10-13(34(32,33)26-20(3)8-9-20)4-5-15(14)27(18(28)31)11-19(2)6-7-19/h4-5,10,26H,1,6-9,11H2,2-3H3,(H,25,29). The highest BCUT2D eigenvalue weighted by atomic mass is 32.2. The van der Waals surface area contributed by atoms with Crippen LogP contribution in [0.2, 0.25) is 0 Å². The molecule has 4 rings (SSSR count). The zero-order valence-corrected chi connectivity index (χ0v) is 19.3. The van der Waals surface area contributed by atoms with Crippen molar-refractivity contribution < 1.29 is 26.4 Å². The third-order valence-corrected chi connectivity index (χ3v) is 7.91. The Morgan fingerprint density at radius 3 is 2.29 bits per heavy atom. The molecular formula is C21H23F3N4O5S. The lowest BCUT2D eigenvalue weighted by Crippen LogP contribution is -2.48. The summed E-state index contributed by atoms with van der Waals surface area (Å²) in [5, 5.41) is -0.245. The minimum atomic E-state index is -5.07. The molecule has 2 saturated carbocycles. The van der Waals surface area contributed by atoms with Gasteiger partial charge in [-0.3, -0.25) is 19.6 Å². The zero-order valence-electron chi connectivity index (χ0n) is 18.5. The quantitative estimate of drug-likeness (QED) is 0.564. The number of carbonyl (C=O) groups is 1. The highest BCUT2D eigenvalue weighted by molar-refractivity contribution is 7.89. The van der Waals surface area contributed by atoms with Gasteiger partial charge >= 0.3 is 11.9 Å². The number of hydrogen-bond acceptors (Lipinski definition) is 5. The van der Waals surface area contributed by atoms with Crippen LogP contribution in [0.3, 0.4) is 0 Å². The number of sulfonamides is 1. The molecule has 0 atom stereocenters. The lowest BCUT2D eigenvalue weighted by Gasteiger charge is -2.19. The van der Waals surface area contributed by atoms with Crippen molar-refractivity contribution >= 4 is 26.8 Å². The summed E-state index contributed by atoms with van der Waals surface area (Å²) in [6.45, 7) is 6.42. The topological polar surface area (TPSA) is 119 Å². The summed E-state index contributed by atoms with van der Waals surface area (Å²) in [4.78, 5) is 37.9. The van der Waals surface area contributed by atoms with Crippen LogP contribution in [0.4, 0.5) is 13.2 Å². The fraction of sp³-hybridized carbons (Fsp3) is 0.476. The highest BCUT2D eigenvalue weighted by Crippen LogP contribution is 2.46. The molecule has 0 saturated heterocycles. The van der Waals surface area contributed by atoms with E-state index in [4.69, 9.17) is 0 Å². The minimum absolute atomic E-state index is 0.111. The average Bonchev–Trinajstić information content (AvgIpc) is 3.65. The number of alkyl halides is 3. The second-order valence-corrected chi connectivity index (χ2v) is 11.3. The van der Waals surface area contributed by atoms with E-state index in [0.717, 1.165) is 23.5 Å². The smallest absolute Gasteiger partial charge is 0.291 e. The molecule has 9 nitrogen and oxygen atoms in total. The lowest BCUT2D eigenvalue weighted by molar-refractivity contribution is -0.127. The Labute approximate surface area is 192 Å². The van der Waals surface area contributed by atoms with Crippen LogP contribution in [0.25, 0.3) is 10.9 Å². The second-order valence-electron chi connectivity index (χ2n) is 9.58. The molecule has 13 heteroatoms. The zero-order chi connectivity index (χ0) is 25.3. The first-order chi connectivity index (χ1) is 15.6. The molecule has 0 radical (unpaired) electrons.